The number of amides is 1. The zero-order valence-electron chi connectivity index (χ0n) is 12.3. The van der Waals surface area contributed by atoms with Crippen molar-refractivity contribution in [3.05, 3.63) is 28.7 Å². The minimum Gasteiger partial charge on any atom is -0.398 e. The number of nitrogens with zero attached hydrogens (tertiary/aromatic N) is 3. The van der Waals surface area contributed by atoms with Crippen LogP contribution in [0.3, 0.4) is 0 Å². The monoisotopic (exact) mass is 278 g/mol. The minimum atomic E-state index is -0.207. The number of nitrogens with two attached hydrogens (primary N) is 1. The largest absolute Gasteiger partial charge is 0.398 e. The van der Waals surface area contributed by atoms with Gasteiger partial charge in [0.25, 0.3) is 5.56 Å². The van der Waals surface area contributed by atoms with E-state index in [0.29, 0.717) is 18.8 Å². The Morgan fingerprint density at radius 1 is 1.35 bits per heavy atom. The van der Waals surface area contributed by atoms with Gasteiger partial charge in [0.15, 0.2) is 0 Å². The summed E-state index contributed by atoms with van der Waals surface area (Å²) in [6, 6.07) is 2.93. The normalized spacial score (nSPS) is 19.1. The number of hydrogen-bond donors (Lipinski definition) is 1. The number of carbonyl (C=O) groups excluding carboxylic acids is 1. The van der Waals surface area contributed by atoms with Crippen LogP contribution in [0.2, 0.25) is 0 Å². The first kappa shape index (κ1) is 14.6. The van der Waals surface area contributed by atoms with Gasteiger partial charge < -0.3 is 15.2 Å². The van der Waals surface area contributed by atoms with E-state index in [9.17, 15) is 9.59 Å². The molecule has 1 aliphatic rings. The first-order chi connectivity index (χ1) is 9.29. The van der Waals surface area contributed by atoms with Gasteiger partial charge in [0.05, 0.1) is 0 Å². The van der Waals surface area contributed by atoms with E-state index in [4.69, 9.17) is 5.73 Å². The van der Waals surface area contributed by atoms with Gasteiger partial charge in [0.1, 0.15) is 6.54 Å². The molecule has 1 aliphatic heterocycles. The summed E-state index contributed by atoms with van der Waals surface area (Å²) in [5.41, 5.74) is 5.88. The van der Waals surface area contributed by atoms with Crippen LogP contribution in [0.4, 0.5) is 5.69 Å². The van der Waals surface area contributed by atoms with Crippen molar-refractivity contribution in [2.24, 2.45) is 0 Å². The number of carbonyl (C=O) groups is 1. The highest BCUT2D eigenvalue weighted by Gasteiger charge is 2.33. The molecule has 20 heavy (non-hydrogen) atoms. The van der Waals surface area contributed by atoms with Gasteiger partial charge in [0, 0.05) is 43.1 Å². The summed E-state index contributed by atoms with van der Waals surface area (Å²) in [4.78, 5) is 28.1. The average molecular weight is 278 g/mol. The molecular weight excluding hydrogens is 256 g/mol. The molecule has 0 saturated carbocycles. The van der Waals surface area contributed by atoms with Gasteiger partial charge >= 0.3 is 0 Å². The second-order valence-electron chi connectivity index (χ2n) is 5.98. The highest BCUT2D eigenvalue weighted by Crippen LogP contribution is 2.18. The maximum Gasteiger partial charge on any atom is 0.251 e. The van der Waals surface area contributed by atoms with Gasteiger partial charge in [-0.1, -0.05) is 0 Å². The summed E-state index contributed by atoms with van der Waals surface area (Å²) in [5, 5.41) is 0. The maximum absolute atomic E-state index is 12.3. The van der Waals surface area contributed by atoms with Crippen LogP contribution in [0, 0.1) is 0 Å². The third kappa shape index (κ3) is 3.01. The lowest BCUT2D eigenvalue weighted by Gasteiger charge is -2.45. The molecule has 1 saturated heterocycles. The fourth-order valence-corrected chi connectivity index (χ4v) is 2.37. The number of pyridine rings is 1. The van der Waals surface area contributed by atoms with E-state index in [-0.39, 0.29) is 23.6 Å². The maximum atomic E-state index is 12.3. The molecular formula is C14H22N4O2. The Kier molecular flexibility index (Phi) is 3.85. The fourth-order valence-electron chi connectivity index (χ4n) is 2.37. The van der Waals surface area contributed by atoms with Gasteiger partial charge in [-0.15, -0.1) is 0 Å². The topological polar surface area (TPSA) is 71.6 Å². The first-order valence-corrected chi connectivity index (χ1v) is 6.74. The third-order valence-electron chi connectivity index (χ3n) is 3.98. The molecule has 0 bridgehead atoms. The Labute approximate surface area is 118 Å². The molecule has 0 aliphatic carbocycles. The Balaban J connectivity index is 2.09. The van der Waals surface area contributed by atoms with E-state index < -0.39 is 0 Å². The van der Waals surface area contributed by atoms with Crippen molar-refractivity contribution in [1.82, 2.24) is 14.4 Å². The molecule has 1 aromatic rings. The SMILES string of the molecule is CN1CCN(C(=O)Cn2cc(N)ccc2=O)CC1(C)C. The number of likely N-dealkylation sites (N-methyl/N-ethyl adjacent to an activating group) is 1. The van der Waals surface area contributed by atoms with Gasteiger partial charge in [-0.3, -0.25) is 14.5 Å². The Hall–Kier alpha value is -1.82. The van der Waals surface area contributed by atoms with Crippen molar-refractivity contribution in [1.29, 1.82) is 0 Å². The summed E-state index contributed by atoms with van der Waals surface area (Å²) in [6.45, 7) is 6.46. The van der Waals surface area contributed by atoms with Crippen molar-refractivity contribution in [2.45, 2.75) is 25.9 Å². The Morgan fingerprint density at radius 3 is 2.70 bits per heavy atom. The molecule has 2 rings (SSSR count). The van der Waals surface area contributed by atoms with Gasteiger partial charge in [-0.25, -0.2) is 0 Å². The number of nitrogen functional groups attached to an aromatic ring is 1. The van der Waals surface area contributed by atoms with Crippen molar-refractivity contribution in [2.75, 3.05) is 32.4 Å². The molecule has 2 N–H and O–H groups in total. The summed E-state index contributed by atoms with van der Waals surface area (Å²) >= 11 is 0. The number of rotatable bonds is 2. The van der Waals surface area contributed by atoms with E-state index in [1.165, 1.54) is 16.8 Å². The lowest BCUT2D eigenvalue weighted by atomic mass is 10.00. The summed E-state index contributed by atoms with van der Waals surface area (Å²) in [6.07, 6.45) is 1.52. The number of aromatic nitrogens is 1. The van der Waals surface area contributed by atoms with E-state index >= 15 is 0 Å². The van der Waals surface area contributed by atoms with Gasteiger partial charge in [-0.2, -0.15) is 0 Å². The second-order valence-corrected chi connectivity index (χ2v) is 5.98. The van der Waals surface area contributed by atoms with Gasteiger partial charge in [0.2, 0.25) is 5.91 Å². The first-order valence-electron chi connectivity index (χ1n) is 6.74. The van der Waals surface area contributed by atoms with Crippen molar-refractivity contribution in [3.8, 4) is 0 Å². The predicted molar refractivity (Wildman–Crippen MR) is 78.4 cm³/mol. The molecule has 0 atom stereocenters. The van der Waals surface area contributed by atoms with Gasteiger partial charge in [-0.05, 0) is 27.0 Å². The molecule has 0 radical (unpaired) electrons. The van der Waals surface area contributed by atoms with E-state index in [0.717, 1.165) is 6.54 Å². The zero-order valence-corrected chi connectivity index (χ0v) is 12.3. The van der Waals surface area contributed by atoms with Crippen LogP contribution in [0.15, 0.2) is 23.1 Å². The molecule has 1 amide bonds. The van der Waals surface area contributed by atoms with Crippen LogP contribution < -0.4 is 11.3 Å². The molecule has 6 nitrogen and oxygen atoms in total. The van der Waals surface area contributed by atoms with Crippen LogP contribution in [-0.4, -0.2) is 52.5 Å². The summed E-state index contributed by atoms with van der Waals surface area (Å²) in [5.74, 6) is -0.0427. The van der Waals surface area contributed by atoms with Crippen molar-refractivity contribution >= 4 is 11.6 Å². The average Bonchev–Trinajstić information content (AvgIpc) is 2.37. The zero-order chi connectivity index (χ0) is 14.9. The minimum absolute atomic E-state index is 0.0427. The highest BCUT2D eigenvalue weighted by molar-refractivity contribution is 5.76. The highest BCUT2D eigenvalue weighted by atomic mass is 16.2. The predicted octanol–water partition coefficient (Wildman–Crippen LogP) is -0.0169. The van der Waals surface area contributed by atoms with Crippen LogP contribution >= 0.6 is 0 Å². The smallest absolute Gasteiger partial charge is 0.251 e. The molecule has 1 fully saturated rings. The molecule has 6 heteroatoms. The Morgan fingerprint density at radius 2 is 2.05 bits per heavy atom. The quantitative estimate of drug-likeness (QED) is 0.825. The Bertz CT molecular complexity index is 565. The van der Waals surface area contributed by atoms with Crippen LogP contribution in [0.5, 0.6) is 0 Å². The number of piperazine rings is 1. The van der Waals surface area contributed by atoms with E-state index in [1.807, 2.05) is 4.90 Å². The second kappa shape index (κ2) is 5.28. The molecule has 0 aromatic carbocycles. The summed E-state index contributed by atoms with van der Waals surface area (Å²) < 4.78 is 1.36. The van der Waals surface area contributed by atoms with Crippen LogP contribution in [0.25, 0.3) is 0 Å². The molecule has 0 unspecified atom stereocenters. The van der Waals surface area contributed by atoms with Crippen LogP contribution in [-0.2, 0) is 11.3 Å². The van der Waals surface area contributed by atoms with Crippen molar-refractivity contribution in [3.63, 3.8) is 0 Å². The molecule has 2 heterocycles. The van der Waals surface area contributed by atoms with Crippen LogP contribution in [0.1, 0.15) is 13.8 Å². The lowest BCUT2D eigenvalue weighted by Crippen LogP contribution is -2.59. The standard InChI is InChI=1S/C14H22N4O2/c1-14(2)10-17(7-6-16(14)3)13(20)9-18-8-11(15)4-5-12(18)19/h4-5,8H,6-7,9-10,15H2,1-3H3. The lowest BCUT2D eigenvalue weighted by molar-refractivity contribution is -0.136. The van der Waals surface area contributed by atoms with E-state index in [2.05, 4.69) is 25.8 Å². The summed E-state index contributed by atoms with van der Waals surface area (Å²) in [7, 11) is 2.06. The molecule has 110 valence electrons. The fraction of sp³-hybridized carbons (Fsp3) is 0.571. The van der Waals surface area contributed by atoms with Crippen molar-refractivity contribution < 1.29 is 4.79 Å². The number of hydrogen-bond acceptors (Lipinski definition) is 4. The van der Waals surface area contributed by atoms with E-state index in [1.54, 1.807) is 6.07 Å². The third-order valence-corrected chi connectivity index (χ3v) is 3.98. The molecule has 1 aromatic heterocycles. The molecule has 0 spiro atoms. The number of anilines is 1.